The Balaban J connectivity index is 1.63. The van der Waals surface area contributed by atoms with Crippen molar-refractivity contribution in [2.24, 2.45) is 17.3 Å². The molecule has 2 saturated carbocycles. The van der Waals surface area contributed by atoms with Crippen molar-refractivity contribution in [1.82, 2.24) is 0 Å². The molecule has 0 aromatic carbocycles. The van der Waals surface area contributed by atoms with Gasteiger partial charge < -0.3 is 4.74 Å². The van der Waals surface area contributed by atoms with Crippen LogP contribution in [0.25, 0.3) is 0 Å². The number of ether oxygens (including phenoxy) is 1. The van der Waals surface area contributed by atoms with Crippen molar-refractivity contribution in [2.45, 2.75) is 110 Å². The molecule has 0 N–H and O–H groups in total. The summed E-state index contributed by atoms with van der Waals surface area (Å²) in [4.78, 5) is 0. The molecule has 138 valence electrons. The molecule has 0 unspecified atom stereocenters. The molecule has 2 nitrogen and oxygen atoms in total. The van der Waals surface area contributed by atoms with Gasteiger partial charge in [-0.2, -0.15) is 5.26 Å². The van der Waals surface area contributed by atoms with E-state index in [-0.39, 0.29) is 5.41 Å². The van der Waals surface area contributed by atoms with Crippen LogP contribution < -0.4 is 0 Å². The van der Waals surface area contributed by atoms with Crippen LogP contribution in [0.2, 0.25) is 0 Å². The SMILES string of the molecule is CCCCCC1(C#N)CCC(COC2CCC(CCC)CC2)CC1. The van der Waals surface area contributed by atoms with Gasteiger partial charge in [-0.3, -0.25) is 0 Å². The van der Waals surface area contributed by atoms with E-state index in [1.165, 1.54) is 70.6 Å². The standard InChI is InChI=1S/C22H39NO/c1-3-5-6-14-22(18-23)15-12-20(13-16-22)17-24-21-10-8-19(7-4-2)9-11-21/h19-21H,3-17H2,1-2H3. The molecule has 0 radical (unpaired) electrons. The number of nitriles is 1. The highest BCUT2D eigenvalue weighted by Crippen LogP contribution is 2.42. The van der Waals surface area contributed by atoms with Crippen molar-refractivity contribution in [3.8, 4) is 6.07 Å². The molecular formula is C22H39NO. The average Bonchev–Trinajstić information content (AvgIpc) is 2.63. The van der Waals surface area contributed by atoms with E-state index < -0.39 is 0 Å². The first-order chi connectivity index (χ1) is 11.7. The minimum atomic E-state index is -0.0100. The molecule has 2 fully saturated rings. The van der Waals surface area contributed by atoms with Crippen molar-refractivity contribution in [2.75, 3.05) is 6.61 Å². The Bertz CT molecular complexity index is 370. The first-order valence-electron chi connectivity index (χ1n) is 10.7. The molecule has 2 aliphatic carbocycles. The Morgan fingerprint density at radius 2 is 1.62 bits per heavy atom. The Morgan fingerprint density at radius 1 is 0.917 bits per heavy atom. The molecule has 0 saturated heterocycles. The Labute approximate surface area is 150 Å². The minimum Gasteiger partial charge on any atom is -0.378 e. The number of nitrogens with zero attached hydrogens (tertiary/aromatic N) is 1. The van der Waals surface area contributed by atoms with Gasteiger partial charge in [0.2, 0.25) is 0 Å². The van der Waals surface area contributed by atoms with Crippen molar-refractivity contribution >= 4 is 0 Å². The maximum Gasteiger partial charge on any atom is 0.0689 e. The molecule has 24 heavy (non-hydrogen) atoms. The highest BCUT2D eigenvalue weighted by atomic mass is 16.5. The third-order valence-electron chi connectivity index (χ3n) is 6.62. The summed E-state index contributed by atoms with van der Waals surface area (Å²) in [6.07, 6.45) is 18.0. The van der Waals surface area contributed by atoms with Crippen LogP contribution in [-0.2, 0) is 4.74 Å². The molecule has 2 rings (SSSR count). The predicted molar refractivity (Wildman–Crippen MR) is 101 cm³/mol. The summed E-state index contributed by atoms with van der Waals surface area (Å²) >= 11 is 0. The van der Waals surface area contributed by atoms with Crippen LogP contribution in [0.3, 0.4) is 0 Å². The fourth-order valence-electron chi connectivity index (χ4n) is 4.80. The van der Waals surface area contributed by atoms with Gasteiger partial charge in [0.05, 0.1) is 17.6 Å². The van der Waals surface area contributed by atoms with Gasteiger partial charge in [0.15, 0.2) is 0 Å². The maximum atomic E-state index is 9.65. The van der Waals surface area contributed by atoms with Crippen LogP contribution in [0.4, 0.5) is 0 Å². The van der Waals surface area contributed by atoms with Crippen molar-refractivity contribution < 1.29 is 4.74 Å². The largest absolute Gasteiger partial charge is 0.378 e. The fourth-order valence-corrected chi connectivity index (χ4v) is 4.80. The lowest BCUT2D eigenvalue weighted by Gasteiger charge is -2.36. The molecular weight excluding hydrogens is 294 g/mol. The molecule has 0 aromatic rings. The van der Waals surface area contributed by atoms with Gasteiger partial charge in [0.25, 0.3) is 0 Å². The second-order valence-electron chi connectivity index (χ2n) is 8.56. The summed E-state index contributed by atoms with van der Waals surface area (Å²) in [5.74, 6) is 1.66. The zero-order valence-corrected chi connectivity index (χ0v) is 16.2. The van der Waals surface area contributed by atoms with E-state index >= 15 is 0 Å². The molecule has 0 spiro atoms. The Hall–Kier alpha value is -0.550. The number of rotatable bonds is 9. The molecule has 0 bridgehead atoms. The van der Waals surface area contributed by atoms with Crippen molar-refractivity contribution in [3.63, 3.8) is 0 Å². The number of hydrogen-bond donors (Lipinski definition) is 0. The third kappa shape index (κ3) is 6.07. The lowest BCUT2D eigenvalue weighted by molar-refractivity contribution is -0.0133. The van der Waals surface area contributed by atoms with E-state index in [4.69, 9.17) is 4.74 Å². The average molecular weight is 334 g/mol. The molecule has 0 heterocycles. The quantitative estimate of drug-likeness (QED) is 0.443. The Morgan fingerprint density at radius 3 is 2.21 bits per heavy atom. The first kappa shape index (κ1) is 19.8. The van der Waals surface area contributed by atoms with Gasteiger partial charge in [0, 0.05) is 6.61 Å². The molecule has 0 aromatic heterocycles. The van der Waals surface area contributed by atoms with Gasteiger partial charge in [-0.25, -0.2) is 0 Å². The van der Waals surface area contributed by atoms with Gasteiger partial charge in [-0.15, -0.1) is 0 Å². The summed E-state index contributed by atoms with van der Waals surface area (Å²) in [6.45, 7) is 5.48. The monoisotopic (exact) mass is 333 g/mol. The molecule has 0 atom stereocenters. The predicted octanol–water partition coefficient (Wildman–Crippen LogP) is 6.64. The molecule has 2 heteroatoms. The van der Waals surface area contributed by atoms with Crippen LogP contribution in [0.15, 0.2) is 0 Å². The van der Waals surface area contributed by atoms with Crippen molar-refractivity contribution in [3.05, 3.63) is 0 Å². The van der Waals surface area contributed by atoms with Gasteiger partial charge in [0.1, 0.15) is 0 Å². The van der Waals surface area contributed by atoms with Gasteiger partial charge >= 0.3 is 0 Å². The smallest absolute Gasteiger partial charge is 0.0689 e. The fraction of sp³-hybridized carbons (Fsp3) is 0.955. The van der Waals surface area contributed by atoms with Crippen LogP contribution in [0.1, 0.15) is 104 Å². The number of unbranched alkanes of at least 4 members (excludes halogenated alkanes) is 2. The van der Waals surface area contributed by atoms with Crippen LogP contribution in [0.5, 0.6) is 0 Å². The highest BCUT2D eigenvalue weighted by Gasteiger charge is 2.35. The van der Waals surface area contributed by atoms with E-state index in [1.54, 1.807) is 0 Å². The first-order valence-corrected chi connectivity index (χ1v) is 10.7. The van der Waals surface area contributed by atoms with E-state index in [1.807, 2.05) is 0 Å². The Kier molecular flexibility index (Phi) is 8.60. The van der Waals surface area contributed by atoms with Gasteiger partial charge in [-0.1, -0.05) is 46.0 Å². The molecule has 0 aliphatic heterocycles. The molecule has 0 amide bonds. The van der Waals surface area contributed by atoms with Gasteiger partial charge in [-0.05, 0) is 69.6 Å². The summed E-state index contributed by atoms with van der Waals surface area (Å²) < 4.78 is 6.27. The van der Waals surface area contributed by atoms with Crippen LogP contribution in [0, 0.1) is 28.6 Å². The summed E-state index contributed by atoms with van der Waals surface area (Å²) in [5.41, 5.74) is -0.0100. The lowest BCUT2D eigenvalue weighted by atomic mass is 9.69. The van der Waals surface area contributed by atoms with E-state index in [0.29, 0.717) is 12.0 Å². The summed E-state index contributed by atoms with van der Waals surface area (Å²) in [5, 5.41) is 9.65. The maximum absolute atomic E-state index is 9.65. The highest BCUT2D eigenvalue weighted by molar-refractivity contribution is 5.01. The van der Waals surface area contributed by atoms with E-state index in [2.05, 4.69) is 19.9 Å². The number of hydrogen-bond acceptors (Lipinski definition) is 2. The lowest BCUT2D eigenvalue weighted by Crippen LogP contribution is -2.30. The van der Waals surface area contributed by atoms with Crippen molar-refractivity contribution in [1.29, 1.82) is 5.26 Å². The topological polar surface area (TPSA) is 33.0 Å². The van der Waals surface area contributed by atoms with E-state index in [9.17, 15) is 5.26 Å². The second-order valence-corrected chi connectivity index (χ2v) is 8.56. The van der Waals surface area contributed by atoms with E-state index in [0.717, 1.165) is 31.8 Å². The third-order valence-corrected chi connectivity index (χ3v) is 6.62. The zero-order valence-electron chi connectivity index (χ0n) is 16.2. The summed E-state index contributed by atoms with van der Waals surface area (Å²) in [6, 6.07) is 2.68. The second kappa shape index (κ2) is 10.4. The minimum absolute atomic E-state index is 0.0100. The zero-order chi connectivity index (χ0) is 17.3. The van der Waals surface area contributed by atoms with Crippen LogP contribution in [-0.4, -0.2) is 12.7 Å². The van der Waals surface area contributed by atoms with Crippen LogP contribution >= 0.6 is 0 Å². The molecule has 2 aliphatic rings. The summed E-state index contributed by atoms with van der Waals surface area (Å²) in [7, 11) is 0. The normalized spacial score (nSPS) is 34.0.